The minimum atomic E-state index is -1.32. The summed E-state index contributed by atoms with van der Waals surface area (Å²) in [7, 11) is 0. The van der Waals surface area contributed by atoms with Gasteiger partial charge in [-0.25, -0.2) is 4.79 Å². The van der Waals surface area contributed by atoms with Gasteiger partial charge in [0.1, 0.15) is 0 Å². The lowest BCUT2D eigenvalue weighted by molar-refractivity contribution is -0.130. The standard InChI is InChI=1S/C25H22N6O2/c1-17-10-9-11-18(2)22(17)31-21(27-28-29-31)16-30-23(32)25(26-24(30)33,19-12-5-3-6-13-19)20-14-7-4-8-15-20/h3-15H,16H2,1-2H3,(H,26,33). The molecule has 0 spiro atoms. The van der Waals surface area contributed by atoms with Crippen LogP contribution >= 0.6 is 0 Å². The maximum atomic E-state index is 13.9. The molecule has 1 fully saturated rings. The highest BCUT2D eigenvalue weighted by molar-refractivity contribution is 6.09. The molecule has 1 aromatic heterocycles. The average molecular weight is 438 g/mol. The Morgan fingerprint density at radius 3 is 1.97 bits per heavy atom. The monoisotopic (exact) mass is 438 g/mol. The summed E-state index contributed by atoms with van der Waals surface area (Å²) in [5.41, 5.74) is 2.86. The van der Waals surface area contributed by atoms with Gasteiger partial charge in [0.15, 0.2) is 11.4 Å². The summed E-state index contributed by atoms with van der Waals surface area (Å²) in [6.45, 7) is 3.88. The summed E-state index contributed by atoms with van der Waals surface area (Å²) in [4.78, 5) is 28.3. The second-order valence-electron chi connectivity index (χ2n) is 8.05. The van der Waals surface area contributed by atoms with E-state index >= 15 is 0 Å². The first-order valence-corrected chi connectivity index (χ1v) is 10.6. The molecule has 0 aliphatic carbocycles. The molecule has 1 N–H and O–H groups in total. The van der Waals surface area contributed by atoms with Gasteiger partial charge < -0.3 is 5.32 Å². The fraction of sp³-hybridized carbons (Fsp3) is 0.160. The number of carbonyl (C=O) groups is 2. The van der Waals surface area contributed by atoms with Gasteiger partial charge >= 0.3 is 6.03 Å². The van der Waals surface area contributed by atoms with Gasteiger partial charge in [-0.1, -0.05) is 78.9 Å². The maximum absolute atomic E-state index is 13.9. The van der Waals surface area contributed by atoms with Crippen molar-refractivity contribution in [2.75, 3.05) is 0 Å². The molecule has 1 aliphatic rings. The number of nitrogens with one attached hydrogen (secondary N) is 1. The number of amides is 3. The minimum Gasteiger partial charge on any atom is -0.315 e. The number of tetrazole rings is 1. The predicted molar refractivity (Wildman–Crippen MR) is 121 cm³/mol. The molecule has 8 nitrogen and oxygen atoms in total. The predicted octanol–water partition coefficient (Wildman–Crippen LogP) is 3.27. The van der Waals surface area contributed by atoms with Crippen LogP contribution in [0, 0.1) is 13.8 Å². The van der Waals surface area contributed by atoms with Crippen LogP contribution < -0.4 is 5.32 Å². The number of urea groups is 1. The molecule has 5 rings (SSSR count). The van der Waals surface area contributed by atoms with Crippen molar-refractivity contribution in [1.29, 1.82) is 0 Å². The summed E-state index contributed by atoms with van der Waals surface area (Å²) >= 11 is 0. The Balaban J connectivity index is 1.57. The first kappa shape index (κ1) is 20.6. The van der Waals surface area contributed by atoms with Crippen LogP contribution in [-0.2, 0) is 16.9 Å². The number of carbonyl (C=O) groups excluding carboxylic acids is 2. The van der Waals surface area contributed by atoms with Crippen LogP contribution in [0.4, 0.5) is 4.79 Å². The second kappa shape index (κ2) is 7.98. The smallest absolute Gasteiger partial charge is 0.315 e. The second-order valence-corrected chi connectivity index (χ2v) is 8.05. The fourth-order valence-electron chi connectivity index (χ4n) is 4.41. The number of para-hydroxylation sites is 1. The van der Waals surface area contributed by atoms with Gasteiger partial charge in [-0.15, -0.1) is 5.10 Å². The molecule has 0 unspecified atom stereocenters. The Morgan fingerprint density at radius 2 is 1.39 bits per heavy atom. The summed E-state index contributed by atoms with van der Waals surface area (Å²) in [6, 6.07) is 23.9. The largest absolute Gasteiger partial charge is 0.325 e. The topological polar surface area (TPSA) is 93.0 Å². The van der Waals surface area contributed by atoms with E-state index < -0.39 is 11.6 Å². The molecule has 0 bridgehead atoms. The van der Waals surface area contributed by atoms with Crippen molar-refractivity contribution >= 4 is 11.9 Å². The molecule has 0 atom stereocenters. The molecular formula is C25H22N6O2. The SMILES string of the molecule is Cc1cccc(C)c1-n1nnnc1CN1C(=O)NC(c2ccccc2)(c2ccccc2)C1=O. The highest BCUT2D eigenvalue weighted by Gasteiger charge is 2.53. The molecule has 33 heavy (non-hydrogen) atoms. The van der Waals surface area contributed by atoms with Crippen molar-refractivity contribution < 1.29 is 9.59 Å². The quantitative estimate of drug-likeness (QED) is 0.483. The zero-order valence-electron chi connectivity index (χ0n) is 18.3. The van der Waals surface area contributed by atoms with Crippen LogP contribution in [0.5, 0.6) is 0 Å². The number of rotatable bonds is 5. The molecule has 1 saturated heterocycles. The lowest BCUT2D eigenvalue weighted by Crippen LogP contribution is -2.45. The molecule has 3 amide bonds. The lowest BCUT2D eigenvalue weighted by atomic mass is 9.82. The van der Waals surface area contributed by atoms with Crippen LogP contribution in [0.25, 0.3) is 5.69 Å². The summed E-state index contributed by atoms with van der Waals surface area (Å²) < 4.78 is 1.59. The fourth-order valence-corrected chi connectivity index (χ4v) is 4.41. The molecular weight excluding hydrogens is 416 g/mol. The van der Waals surface area contributed by atoms with E-state index in [9.17, 15) is 9.59 Å². The number of hydrogen-bond donors (Lipinski definition) is 1. The van der Waals surface area contributed by atoms with E-state index in [4.69, 9.17) is 0 Å². The van der Waals surface area contributed by atoms with Gasteiger partial charge in [0.2, 0.25) is 0 Å². The summed E-state index contributed by atoms with van der Waals surface area (Å²) in [5, 5.41) is 15.0. The third kappa shape index (κ3) is 3.27. The van der Waals surface area contributed by atoms with Crippen LogP contribution in [0.3, 0.4) is 0 Å². The molecule has 0 saturated carbocycles. The highest BCUT2D eigenvalue weighted by Crippen LogP contribution is 2.36. The molecule has 4 aromatic rings. The van der Waals surface area contributed by atoms with E-state index in [0.717, 1.165) is 16.8 Å². The van der Waals surface area contributed by atoms with Gasteiger partial charge in [0, 0.05) is 0 Å². The number of benzene rings is 3. The van der Waals surface area contributed by atoms with Crippen molar-refractivity contribution in [3.63, 3.8) is 0 Å². The summed E-state index contributed by atoms with van der Waals surface area (Å²) in [6.07, 6.45) is 0. The number of aromatic nitrogens is 4. The molecule has 8 heteroatoms. The van der Waals surface area contributed by atoms with E-state index in [0.29, 0.717) is 17.0 Å². The van der Waals surface area contributed by atoms with Crippen molar-refractivity contribution in [3.05, 3.63) is 107 Å². The van der Waals surface area contributed by atoms with E-state index in [1.807, 2.05) is 92.7 Å². The normalized spacial score (nSPS) is 15.0. The van der Waals surface area contributed by atoms with Crippen molar-refractivity contribution in [1.82, 2.24) is 30.4 Å². The molecule has 1 aliphatic heterocycles. The van der Waals surface area contributed by atoms with Gasteiger partial charge in [-0.2, -0.15) is 4.68 Å². The van der Waals surface area contributed by atoms with Crippen molar-refractivity contribution in [2.45, 2.75) is 25.9 Å². The molecule has 2 heterocycles. The lowest BCUT2D eigenvalue weighted by Gasteiger charge is -2.28. The minimum absolute atomic E-state index is 0.0626. The first-order chi connectivity index (χ1) is 16.0. The molecule has 0 radical (unpaired) electrons. The van der Waals surface area contributed by atoms with Crippen molar-refractivity contribution in [3.8, 4) is 5.69 Å². The van der Waals surface area contributed by atoms with Gasteiger partial charge in [-0.3, -0.25) is 9.69 Å². The third-order valence-corrected chi connectivity index (χ3v) is 6.00. The van der Waals surface area contributed by atoms with E-state index in [1.54, 1.807) is 4.68 Å². The number of hydrogen-bond acceptors (Lipinski definition) is 5. The third-order valence-electron chi connectivity index (χ3n) is 6.00. The summed E-state index contributed by atoms with van der Waals surface area (Å²) in [5.74, 6) is 0.0220. The molecule has 164 valence electrons. The number of imide groups is 1. The number of nitrogens with zero attached hydrogens (tertiary/aromatic N) is 5. The van der Waals surface area contributed by atoms with Crippen molar-refractivity contribution in [2.24, 2.45) is 0 Å². The molecule has 3 aromatic carbocycles. The van der Waals surface area contributed by atoms with Crippen LogP contribution in [0.1, 0.15) is 28.1 Å². The Labute approximate surface area is 190 Å². The highest BCUT2D eigenvalue weighted by atomic mass is 16.2. The Hall–Kier alpha value is -4.33. The van der Waals surface area contributed by atoms with E-state index in [-0.39, 0.29) is 12.5 Å². The van der Waals surface area contributed by atoms with Gasteiger partial charge in [0.05, 0.1) is 12.2 Å². The van der Waals surface area contributed by atoms with Crippen LogP contribution in [-0.4, -0.2) is 37.0 Å². The van der Waals surface area contributed by atoms with Gasteiger partial charge in [-0.05, 0) is 46.5 Å². The van der Waals surface area contributed by atoms with Crippen LogP contribution in [0.2, 0.25) is 0 Å². The number of aryl methyl sites for hydroxylation is 2. The Bertz CT molecular complexity index is 1270. The van der Waals surface area contributed by atoms with E-state index in [1.165, 1.54) is 4.90 Å². The van der Waals surface area contributed by atoms with Gasteiger partial charge in [0.25, 0.3) is 5.91 Å². The Kier molecular flexibility index (Phi) is 4.97. The van der Waals surface area contributed by atoms with Crippen LogP contribution in [0.15, 0.2) is 78.9 Å². The zero-order valence-corrected chi connectivity index (χ0v) is 18.3. The zero-order chi connectivity index (χ0) is 23.0. The maximum Gasteiger partial charge on any atom is 0.325 e. The first-order valence-electron chi connectivity index (χ1n) is 10.6. The average Bonchev–Trinajstić information content (AvgIpc) is 3.39. The van der Waals surface area contributed by atoms with E-state index in [2.05, 4.69) is 20.8 Å². The Morgan fingerprint density at radius 1 is 0.818 bits per heavy atom.